The smallest absolute Gasteiger partial charge is 0.349 e. The van der Waals surface area contributed by atoms with E-state index >= 15 is 0 Å². The first-order valence-corrected chi connectivity index (χ1v) is 11.4. The number of hydrogen-bond donors (Lipinski definition) is 0. The Morgan fingerprint density at radius 1 is 1.07 bits per heavy atom. The van der Waals surface area contributed by atoms with Gasteiger partial charge in [-0.2, -0.15) is 0 Å². The lowest BCUT2D eigenvalue weighted by molar-refractivity contribution is -0.136. The summed E-state index contributed by atoms with van der Waals surface area (Å²) in [5, 5.41) is 0. The van der Waals surface area contributed by atoms with Crippen molar-refractivity contribution < 1.29 is 19.0 Å². The van der Waals surface area contributed by atoms with Crippen LogP contribution in [0.25, 0.3) is 0 Å². The SMILES string of the molecule is COc1cc(C2SCCS2)ccc1OC(=O)COc1cc(C)ccc1C(C)C. The van der Waals surface area contributed by atoms with Crippen molar-refractivity contribution in [3.8, 4) is 17.2 Å². The number of methoxy groups -OCH3 is 1. The average molecular weight is 419 g/mol. The fourth-order valence-corrected chi connectivity index (χ4v) is 5.84. The lowest BCUT2D eigenvalue weighted by Gasteiger charge is -2.16. The Kier molecular flexibility index (Phi) is 7.18. The van der Waals surface area contributed by atoms with Crippen LogP contribution in [0.15, 0.2) is 36.4 Å². The Balaban J connectivity index is 1.66. The summed E-state index contributed by atoms with van der Waals surface area (Å²) in [5.41, 5.74) is 3.35. The zero-order valence-electron chi connectivity index (χ0n) is 16.7. The minimum atomic E-state index is -0.452. The molecule has 2 aromatic carbocycles. The van der Waals surface area contributed by atoms with Crippen molar-refractivity contribution in [2.24, 2.45) is 0 Å². The van der Waals surface area contributed by atoms with Gasteiger partial charge >= 0.3 is 5.97 Å². The van der Waals surface area contributed by atoms with E-state index < -0.39 is 5.97 Å². The van der Waals surface area contributed by atoms with Crippen LogP contribution in [-0.2, 0) is 4.79 Å². The molecule has 1 aliphatic rings. The third-order valence-corrected chi connectivity index (χ3v) is 7.55. The summed E-state index contributed by atoms with van der Waals surface area (Å²) < 4.78 is 17.1. The van der Waals surface area contributed by atoms with Gasteiger partial charge in [0.1, 0.15) is 5.75 Å². The minimum absolute atomic E-state index is 0.150. The number of carbonyl (C=O) groups is 1. The van der Waals surface area contributed by atoms with E-state index in [0.717, 1.165) is 28.4 Å². The van der Waals surface area contributed by atoms with Gasteiger partial charge in [0.25, 0.3) is 0 Å². The second kappa shape index (κ2) is 9.61. The topological polar surface area (TPSA) is 44.8 Å². The highest BCUT2D eigenvalue weighted by Crippen LogP contribution is 2.46. The number of thioether (sulfide) groups is 2. The molecular formula is C22H26O4S2. The molecule has 0 unspecified atom stereocenters. The Morgan fingerprint density at radius 2 is 1.82 bits per heavy atom. The number of esters is 1. The number of aryl methyl sites for hydroxylation is 1. The van der Waals surface area contributed by atoms with Gasteiger partial charge < -0.3 is 14.2 Å². The van der Waals surface area contributed by atoms with Crippen LogP contribution in [0.5, 0.6) is 17.2 Å². The third kappa shape index (κ3) is 5.17. The molecule has 1 heterocycles. The normalized spacial score (nSPS) is 14.3. The molecule has 3 rings (SSSR count). The molecule has 0 saturated carbocycles. The lowest BCUT2D eigenvalue weighted by Crippen LogP contribution is -2.18. The van der Waals surface area contributed by atoms with E-state index in [2.05, 4.69) is 13.8 Å². The predicted molar refractivity (Wildman–Crippen MR) is 117 cm³/mol. The molecule has 150 valence electrons. The molecule has 0 aromatic heterocycles. The number of ether oxygens (including phenoxy) is 3. The highest BCUT2D eigenvalue weighted by atomic mass is 32.2. The first kappa shape index (κ1) is 20.9. The molecular weight excluding hydrogens is 392 g/mol. The summed E-state index contributed by atoms with van der Waals surface area (Å²) in [5.74, 6) is 3.88. The number of benzene rings is 2. The van der Waals surface area contributed by atoms with E-state index in [0.29, 0.717) is 22.0 Å². The zero-order chi connectivity index (χ0) is 20.1. The lowest BCUT2D eigenvalue weighted by atomic mass is 10.0. The summed E-state index contributed by atoms with van der Waals surface area (Å²) in [7, 11) is 1.59. The summed E-state index contributed by atoms with van der Waals surface area (Å²) in [6.07, 6.45) is 0. The van der Waals surface area contributed by atoms with E-state index in [1.807, 2.05) is 60.8 Å². The van der Waals surface area contributed by atoms with E-state index in [1.165, 1.54) is 5.56 Å². The van der Waals surface area contributed by atoms with Gasteiger partial charge in [-0.25, -0.2) is 4.79 Å². The number of carbonyl (C=O) groups excluding carboxylic acids is 1. The molecule has 0 radical (unpaired) electrons. The minimum Gasteiger partial charge on any atom is -0.493 e. The number of rotatable bonds is 7. The van der Waals surface area contributed by atoms with E-state index in [-0.39, 0.29) is 6.61 Å². The van der Waals surface area contributed by atoms with Gasteiger partial charge in [-0.05, 0) is 47.7 Å². The molecule has 2 aromatic rings. The van der Waals surface area contributed by atoms with Crippen molar-refractivity contribution in [2.75, 3.05) is 25.2 Å². The standard InChI is InChI=1S/C22H26O4S2/c1-14(2)17-7-5-15(3)11-19(17)25-13-21(23)26-18-8-6-16(12-20(18)24-4)22-27-9-10-28-22/h5-8,11-12,14,22H,9-10,13H2,1-4H3. The molecule has 1 aliphatic heterocycles. The fraction of sp³-hybridized carbons (Fsp3) is 0.409. The monoisotopic (exact) mass is 418 g/mol. The van der Waals surface area contributed by atoms with Gasteiger partial charge in [-0.15, -0.1) is 23.5 Å². The van der Waals surface area contributed by atoms with E-state index in [1.54, 1.807) is 13.2 Å². The molecule has 0 N–H and O–H groups in total. The summed E-state index contributed by atoms with van der Waals surface area (Å²) in [6.45, 7) is 6.05. The summed E-state index contributed by atoms with van der Waals surface area (Å²) in [4.78, 5) is 12.4. The molecule has 0 aliphatic carbocycles. The predicted octanol–water partition coefficient (Wildman–Crippen LogP) is 5.59. The van der Waals surface area contributed by atoms with Gasteiger partial charge in [-0.3, -0.25) is 0 Å². The first-order chi connectivity index (χ1) is 13.5. The molecule has 4 nitrogen and oxygen atoms in total. The molecule has 0 spiro atoms. The van der Waals surface area contributed by atoms with Crippen molar-refractivity contribution in [1.29, 1.82) is 0 Å². The van der Waals surface area contributed by atoms with E-state index in [4.69, 9.17) is 14.2 Å². The van der Waals surface area contributed by atoms with Crippen molar-refractivity contribution in [3.63, 3.8) is 0 Å². The summed E-state index contributed by atoms with van der Waals surface area (Å²) in [6, 6.07) is 11.8. The molecule has 28 heavy (non-hydrogen) atoms. The van der Waals surface area contributed by atoms with Gasteiger partial charge in [0.05, 0.1) is 11.7 Å². The molecule has 1 fully saturated rings. The molecule has 6 heteroatoms. The van der Waals surface area contributed by atoms with Crippen LogP contribution < -0.4 is 14.2 Å². The van der Waals surface area contributed by atoms with E-state index in [9.17, 15) is 4.79 Å². The maximum Gasteiger partial charge on any atom is 0.349 e. The Bertz CT molecular complexity index is 829. The van der Waals surface area contributed by atoms with Gasteiger partial charge in [0, 0.05) is 11.5 Å². The van der Waals surface area contributed by atoms with Crippen LogP contribution in [0.2, 0.25) is 0 Å². The van der Waals surface area contributed by atoms with Crippen molar-refractivity contribution in [2.45, 2.75) is 31.3 Å². The first-order valence-electron chi connectivity index (χ1n) is 9.33. The van der Waals surface area contributed by atoms with Crippen LogP contribution in [-0.4, -0.2) is 31.2 Å². The molecule has 0 bridgehead atoms. The maximum atomic E-state index is 12.4. The van der Waals surface area contributed by atoms with Gasteiger partial charge in [0.15, 0.2) is 18.1 Å². The third-order valence-electron chi connectivity index (χ3n) is 4.44. The molecule has 0 amide bonds. The van der Waals surface area contributed by atoms with Crippen molar-refractivity contribution in [3.05, 3.63) is 53.1 Å². The van der Waals surface area contributed by atoms with Gasteiger partial charge in [0.2, 0.25) is 0 Å². The van der Waals surface area contributed by atoms with Crippen LogP contribution in [0.1, 0.15) is 41.0 Å². The Hall–Kier alpha value is -1.79. The maximum absolute atomic E-state index is 12.4. The average Bonchev–Trinajstić information content (AvgIpc) is 3.21. The summed E-state index contributed by atoms with van der Waals surface area (Å²) >= 11 is 3.85. The fourth-order valence-electron chi connectivity index (χ4n) is 3.00. The Morgan fingerprint density at radius 3 is 2.50 bits per heavy atom. The van der Waals surface area contributed by atoms with Crippen molar-refractivity contribution >= 4 is 29.5 Å². The van der Waals surface area contributed by atoms with Crippen molar-refractivity contribution in [1.82, 2.24) is 0 Å². The highest BCUT2D eigenvalue weighted by molar-refractivity contribution is 8.19. The van der Waals surface area contributed by atoms with Crippen LogP contribution >= 0.6 is 23.5 Å². The second-order valence-corrected chi connectivity index (χ2v) is 9.67. The zero-order valence-corrected chi connectivity index (χ0v) is 18.3. The number of hydrogen-bond acceptors (Lipinski definition) is 6. The molecule has 1 saturated heterocycles. The second-order valence-electron chi connectivity index (χ2n) is 6.94. The van der Waals surface area contributed by atoms with Gasteiger partial charge in [-0.1, -0.05) is 32.0 Å². The van der Waals surface area contributed by atoms with Crippen LogP contribution in [0, 0.1) is 6.92 Å². The highest BCUT2D eigenvalue weighted by Gasteiger charge is 2.21. The quantitative estimate of drug-likeness (QED) is 0.431. The largest absolute Gasteiger partial charge is 0.493 e. The molecule has 0 atom stereocenters. The van der Waals surface area contributed by atoms with Crippen LogP contribution in [0.3, 0.4) is 0 Å². The Labute approximate surface area is 175 Å². The van der Waals surface area contributed by atoms with Crippen LogP contribution in [0.4, 0.5) is 0 Å².